The van der Waals surface area contributed by atoms with Crippen LogP contribution in [0.3, 0.4) is 0 Å². The van der Waals surface area contributed by atoms with Gasteiger partial charge >= 0.3 is 13.2 Å². The number of nitrogens with zero attached hydrogens (tertiary/aromatic N) is 2. The maximum absolute atomic E-state index is 14.0. The third-order valence-corrected chi connectivity index (χ3v) is 6.08. The molecule has 0 radical (unpaired) electrons. The van der Waals surface area contributed by atoms with Gasteiger partial charge in [0.2, 0.25) is 0 Å². The van der Waals surface area contributed by atoms with Crippen LogP contribution in [0.25, 0.3) is 0 Å². The molecule has 1 aromatic carbocycles. The summed E-state index contributed by atoms with van der Waals surface area (Å²) < 4.78 is 45.3. The topological polar surface area (TPSA) is 51.2 Å². The van der Waals surface area contributed by atoms with E-state index in [4.69, 9.17) is 14.0 Å². The van der Waals surface area contributed by atoms with Crippen LogP contribution >= 0.6 is 0 Å². The molecule has 0 bridgehead atoms. The zero-order chi connectivity index (χ0) is 23.2. The van der Waals surface area contributed by atoms with E-state index < -0.39 is 30.3 Å². The molecule has 0 spiro atoms. The Bertz CT molecular complexity index is 802. The Morgan fingerprint density at radius 2 is 1.61 bits per heavy atom. The first-order chi connectivity index (χ1) is 14.2. The van der Waals surface area contributed by atoms with Crippen molar-refractivity contribution >= 4 is 24.4 Å². The number of anilines is 1. The smallest absolute Gasteiger partial charge is 0.444 e. The number of carbonyl (C=O) groups excluding carboxylic acids is 1. The van der Waals surface area contributed by atoms with E-state index in [1.165, 1.54) is 6.07 Å². The molecule has 0 atom stereocenters. The summed E-state index contributed by atoms with van der Waals surface area (Å²) in [7, 11) is -0.694. The molecule has 1 amide bonds. The Morgan fingerprint density at radius 3 is 2.10 bits per heavy atom. The number of ether oxygens (including phenoxy) is 1. The summed E-state index contributed by atoms with van der Waals surface area (Å²) in [5, 5.41) is 0. The van der Waals surface area contributed by atoms with Crippen LogP contribution in [0.5, 0.6) is 0 Å². The van der Waals surface area contributed by atoms with Crippen molar-refractivity contribution in [3.63, 3.8) is 0 Å². The number of halogens is 2. The molecule has 0 saturated carbocycles. The van der Waals surface area contributed by atoms with Gasteiger partial charge in [0, 0.05) is 37.4 Å². The molecule has 6 nitrogen and oxygen atoms in total. The van der Waals surface area contributed by atoms with Crippen LogP contribution in [0, 0.1) is 0 Å². The SMILES string of the molecule is CC(C)(C)OC(=O)N1CCN(c2ccc(B3OC(C)(C)C(C)(C)O3)cc2C(F)F)CC1. The van der Waals surface area contributed by atoms with Gasteiger partial charge in [0.05, 0.1) is 11.2 Å². The molecule has 0 aliphatic carbocycles. The van der Waals surface area contributed by atoms with Crippen molar-refractivity contribution in [2.45, 2.75) is 71.7 Å². The maximum Gasteiger partial charge on any atom is 0.494 e. The van der Waals surface area contributed by atoms with Crippen LogP contribution in [-0.4, -0.2) is 61.1 Å². The quantitative estimate of drug-likeness (QED) is 0.669. The Hall–Kier alpha value is -1.87. The monoisotopic (exact) mass is 438 g/mol. The lowest BCUT2D eigenvalue weighted by atomic mass is 9.78. The van der Waals surface area contributed by atoms with Crippen molar-refractivity contribution in [2.24, 2.45) is 0 Å². The van der Waals surface area contributed by atoms with Gasteiger partial charge in [-0.15, -0.1) is 0 Å². The highest BCUT2D eigenvalue weighted by Gasteiger charge is 2.51. The average Bonchev–Trinajstić information content (AvgIpc) is 2.87. The molecular formula is C22H33BF2N2O4. The second kappa shape index (κ2) is 8.24. The van der Waals surface area contributed by atoms with Gasteiger partial charge in [0.15, 0.2) is 0 Å². The summed E-state index contributed by atoms with van der Waals surface area (Å²) in [5.41, 5.74) is -0.666. The summed E-state index contributed by atoms with van der Waals surface area (Å²) in [6.07, 6.45) is -3.02. The maximum atomic E-state index is 14.0. The first-order valence-corrected chi connectivity index (χ1v) is 10.7. The molecule has 0 aromatic heterocycles. The minimum atomic E-state index is -2.64. The van der Waals surface area contributed by atoms with Crippen molar-refractivity contribution in [3.8, 4) is 0 Å². The molecule has 2 heterocycles. The number of benzene rings is 1. The number of carbonyl (C=O) groups is 1. The van der Waals surface area contributed by atoms with Crippen LogP contribution in [0.1, 0.15) is 60.5 Å². The van der Waals surface area contributed by atoms with Crippen LogP contribution in [0.2, 0.25) is 0 Å². The first kappa shape index (κ1) is 23.8. The van der Waals surface area contributed by atoms with Gasteiger partial charge in [-0.2, -0.15) is 0 Å². The lowest BCUT2D eigenvalue weighted by molar-refractivity contribution is 0.00578. The third-order valence-electron chi connectivity index (χ3n) is 6.08. The van der Waals surface area contributed by atoms with Gasteiger partial charge in [0.1, 0.15) is 5.60 Å². The van der Waals surface area contributed by atoms with E-state index in [1.54, 1.807) is 17.0 Å². The summed E-state index contributed by atoms with van der Waals surface area (Å²) in [5.74, 6) is 0. The van der Waals surface area contributed by atoms with Gasteiger partial charge in [-0.25, -0.2) is 13.6 Å². The molecule has 0 N–H and O–H groups in total. The van der Waals surface area contributed by atoms with Gasteiger partial charge in [-0.1, -0.05) is 12.1 Å². The molecule has 3 rings (SSSR count). The molecule has 172 valence electrons. The van der Waals surface area contributed by atoms with Crippen molar-refractivity contribution in [3.05, 3.63) is 23.8 Å². The number of rotatable bonds is 3. The fourth-order valence-electron chi connectivity index (χ4n) is 3.62. The normalized spacial score (nSPS) is 21.0. The lowest BCUT2D eigenvalue weighted by Crippen LogP contribution is -2.50. The average molecular weight is 438 g/mol. The second-order valence-electron chi connectivity index (χ2n) is 10.2. The van der Waals surface area contributed by atoms with E-state index in [2.05, 4.69) is 0 Å². The van der Waals surface area contributed by atoms with Gasteiger partial charge in [-0.05, 0) is 60.0 Å². The highest BCUT2D eigenvalue weighted by atomic mass is 19.3. The van der Waals surface area contributed by atoms with Gasteiger partial charge in [-0.3, -0.25) is 0 Å². The first-order valence-electron chi connectivity index (χ1n) is 10.7. The molecule has 9 heteroatoms. The van der Waals surface area contributed by atoms with Crippen LogP contribution < -0.4 is 10.4 Å². The van der Waals surface area contributed by atoms with Crippen molar-refractivity contribution < 1.29 is 27.6 Å². The summed E-state index contributed by atoms with van der Waals surface area (Å²) >= 11 is 0. The van der Waals surface area contributed by atoms with Crippen molar-refractivity contribution in [1.29, 1.82) is 0 Å². The molecule has 0 unspecified atom stereocenters. The fourth-order valence-corrected chi connectivity index (χ4v) is 3.62. The molecular weight excluding hydrogens is 405 g/mol. The molecule has 2 aliphatic heterocycles. The number of hydrogen-bond donors (Lipinski definition) is 0. The second-order valence-corrected chi connectivity index (χ2v) is 10.2. The van der Waals surface area contributed by atoms with Crippen LogP contribution in [-0.2, 0) is 14.0 Å². The minimum Gasteiger partial charge on any atom is -0.444 e. The molecule has 2 saturated heterocycles. The fraction of sp³-hybridized carbons (Fsp3) is 0.682. The van der Waals surface area contributed by atoms with E-state index in [9.17, 15) is 13.6 Å². The highest BCUT2D eigenvalue weighted by molar-refractivity contribution is 6.62. The Kier molecular flexibility index (Phi) is 6.33. The molecule has 1 aromatic rings. The minimum absolute atomic E-state index is 0.0575. The molecule has 2 aliphatic rings. The lowest BCUT2D eigenvalue weighted by Gasteiger charge is -2.37. The Balaban J connectivity index is 1.74. The van der Waals surface area contributed by atoms with E-state index in [1.807, 2.05) is 53.4 Å². The van der Waals surface area contributed by atoms with E-state index >= 15 is 0 Å². The van der Waals surface area contributed by atoms with E-state index in [0.29, 0.717) is 37.3 Å². The standard InChI is InChI=1S/C22H33BF2N2O4/c1-20(2,3)29-19(28)27-12-10-26(11-13-27)17-9-8-15(14-16(17)18(24)25)23-30-21(4,5)22(6,7)31-23/h8-9,14,18H,10-13H2,1-7H3. The van der Waals surface area contributed by atoms with Crippen LogP contribution in [0.4, 0.5) is 19.3 Å². The summed E-state index contributed by atoms with van der Waals surface area (Å²) in [6.45, 7) is 14.9. The number of alkyl halides is 2. The Labute approximate surface area is 184 Å². The van der Waals surface area contributed by atoms with Crippen LogP contribution in [0.15, 0.2) is 18.2 Å². The van der Waals surface area contributed by atoms with Gasteiger partial charge < -0.3 is 23.8 Å². The predicted molar refractivity (Wildman–Crippen MR) is 117 cm³/mol. The number of hydrogen-bond acceptors (Lipinski definition) is 5. The van der Waals surface area contributed by atoms with Crippen molar-refractivity contribution in [2.75, 3.05) is 31.1 Å². The highest BCUT2D eigenvalue weighted by Crippen LogP contribution is 2.37. The largest absolute Gasteiger partial charge is 0.494 e. The molecule has 2 fully saturated rings. The van der Waals surface area contributed by atoms with E-state index in [0.717, 1.165) is 0 Å². The summed E-state index contributed by atoms with van der Waals surface area (Å²) in [6, 6.07) is 4.96. The zero-order valence-electron chi connectivity index (χ0n) is 19.5. The van der Waals surface area contributed by atoms with Crippen molar-refractivity contribution in [1.82, 2.24) is 4.90 Å². The van der Waals surface area contributed by atoms with Gasteiger partial charge in [0.25, 0.3) is 6.43 Å². The predicted octanol–water partition coefficient (Wildman–Crippen LogP) is 3.98. The molecule has 31 heavy (non-hydrogen) atoms. The third kappa shape index (κ3) is 5.14. The van der Waals surface area contributed by atoms with E-state index in [-0.39, 0.29) is 11.7 Å². The Morgan fingerprint density at radius 1 is 1.06 bits per heavy atom. The number of piperazine rings is 1. The number of amides is 1. The summed E-state index contributed by atoms with van der Waals surface area (Å²) in [4.78, 5) is 15.8. The zero-order valence-corrected chi connectivity index (χ0v) is 19.5.